The highest BCUT2D eigenvalue weighted by atomic mass is 35.5. The van der Waals surface area contributed by atoms with Crippen LogP contribution >= 0.6 is 11.6 Å². The Morgan fingerprint density at radius 3 is 2.93 bits per heavy atom. The van der Waals surface area contributed by atoms with Gasteiger partial charge in [0.2, 0.25) is 5.91 Å². The molecule has 0 aromatic heterocycles. The van der Waals surface area contributed by atoms with Crippen molar-refractivity contribution < 1.29 is 9.53 Å². The van der Waals surface area contributed by atoms with Gasteiger partial charge in [-0.05, 0) is 25.7 Å². The normalized spacial score (nSPS) is 31.9. The average Bonchev–Trinajstić information content (AvgIpc) is 2.81. The molecule has 0 aromatic rings. The quantitative estimate of drug-likeness (QED) is 0.677. The van der Waals surface area contributed by atoms with Gasteiger partial charge in [-0.3, -0.25) is 4.79 Å². The van der Waals surface area contributed by atoms with Gasteiger partial charge in [0.25, 0.3) is 0 Å². The molecule has 0 bridgehead atoms. The Bertz CT molecular complexity index is 229. The molecule has 0 saturated carbocycles. The second-order valence-corrected chi connectivity index (χ2v) is 4.70. The minimum atomic E-state index is 0.0915. The molecule has 2 unspecified atom stereocenters. The maximum Gasteiger partial charge on any atom is 0.228 e. The molecule has 0 aromatic carbocycles. The smallest absolute Gasteiger partial charge is 0.228 e. The molecule has 2 atom stereocenters. The van der Waals surface area contributed by atoms with E-state index in [-0.39, 0.29) is 17.9 Å². The Kier molecular flexibility index (Phi) is 3.87. The molecule has 4 heteroatoms. The summed E-state index contributed by atoms with van der Waals surface area (Å²) in [6.45, 7) is 2.22. The van der Waals surface area contributed by atoms with E-state index in [0.29, 0.717) is 12.5 Å². The number of carbonyl (C=O) groups is 1. The number of halogens is 1. The molecule has 0 aliphatic carbocycles. The van der Waals surface area contributed by atoms with E-state index in [1.54, 1.807) is 0 Å². The monoisotopic (exact) mass is 231 g/mol. The van der Waals surface area contributed by atoms with Gasteiger partial charge in [0.1, 0.15) is 0 Å². The third-order valence-corrected chi connectivity index (χ3v) is 3.72. The van der Waals surface area contributed by atoms with Gasteiger partial charge >= 0.3 is 0 Å². The van der Waals surface area contributed by atoms with Crippen molar-refractivity contribution in [2.24, 2.45) is 5.92 Å². The van der Waals surface area contributed by atoms with Gasteiger partial charge in [-0.1, -0.05) is 0 Å². The first-order valence-corrected chi connectivity index (χ1v) is 6.30. The molecule has 2 fully saturated rings. The lowest BCUT2D eigenvalue weighted by atomic mass is 10.00. The number of alkyl halides is 1. The van der Waals surface area contributed by atoms with Gasteiger partial charge in [0.05, 0.1) is 12.5 Å². The molecule has 2 aliphatic rings. The van der Waals surface area contributed by atoms with Gasteiger partial charge in [-0.15, -0.1) is 11.6 Å². The standard InChI is InChI=1S/C11H18ClNO2/c12-7-10-3-1-2-5-13(10)11(14)9-4-6-15-8-9/h9-10H,1-8H2. The molecule has 1 amide bonds. The summed E-state index contributed by atoms with van der Waals surface area (Å²) in [6, 6.07) is 0.258. The van der Waals surface area contributed by atoms with Gasteiger partial charge in [-0.25, -0.2) is 0 Å². The van der Waals surface area contributed by atoms with E-state index in [0.717, 1.165) is 32.4 Å². The number of nitrogens with zero attached hydrogens (tertiary/aromatic N) is 1. The summed E-state index contributed by atoms with van der Waals surface area (Å²) in [6.07, 6.45) is 4.25. The first-order chi connectivity index (χ1) is 7.33. The molecule has 0 N–H and O–H groups in total. The van der Waals surface area contributed by atoms with Crippen molar-refractivity contribution in [1.82, 2.24) is 4.90 Å². The third-order valence-electron chi connectivity index (χ3n) is 3.37. The minimum Gasteiger partial charge on any atom is -0.381 e. The molecule has 15 heavy (non-hydrogen) atoms. The van der Waals surface area contributed by atoms with Crippen molar-refractivity contribution in [2.75, 3.05) is 25.6 Å². The fourth-order valence-corrected chi connectivity index (χ4v) is 2.74. The van der Waals surface area contributed by atoms with Crippen LogP contribution in [0.1, 0.15) is 25.7 Å². The van der Waals surface area contributed by atoms with E-state index in [1.165, 1.54) is 6.42 Å². The third kappa shape index (κ3) is 2.45. The SMILES string of the molecule is O=C(C1CCOC1)N1CCCCC1CCl. The number of hydrogen-bond acceptors (Lipinski definition) is 2. The number of amides is 1. The maximum atomic E-state index is 12.2. The predicted molar refractivity (Wildman–Crippen MR) is 59.0 cm³/mol. The molecule has 3 nitrogen and oxygen atoms in total. The zero-order valence-electron chi connectivity index (χ0n) is 8.95. The van der Waals surface area contributed by atoms with Crippen molar-refractivity contribution >= 4 is 17.5 Å². The summed E-state index contributed by atoms with van der Waals surface area (Å²) >= 11 is 5.90. The first kappa shape index (κ1) is 11.2. The molecular weight excluding hydrogens is 214 g/mol. The summed E-state index contributed by atoms with van der Waals surface area (Å²) in [7, 11) is 0. The molecule has 2 aliphatic heterocycles. The summed E-state index contributed by atoms with van der Waals surface area (Å²) in [5.41, 5.74) is 0. The maximum absolute atomic E-state index is 12.2. The van der Waals surface area contributed by atoms with Crippen LogP contribution in [0.15, 0.2) is 0 Å². The largest absolute Gasteiger partial charge is 0.381 e. The Labute approximate surface area is 95.7 Å². The minimum absolute atomic E-state index is 0.0915. The van der Waals surface area contributed by atoms with Crippen molar-refractivity contribution in [1.29, 1.82) is 0 Å². The number of likely N-dealkylation sites (tertiary alicyclic amines) is 1. The van der Waals surface area contributed by atoms with E-state index in [4.69, 9.17) is 16.3 Å². The van der Waals surface area contributed by atoms with Crippen molar-refractivity contribution in [3.63, 3.8) is 0 Å². The lowest BCUT2D eigenvalue weighted by Gasteiger charge is -2.36. The topological polar surface area (TPSA) is 29.5 Å². The average molecular weight is 232 g/mol. The molecule has 2 rings (SSSR count). The van der Waals surface area contributed by atoms with Crippen LogP contribution < -0.4 is 0 Å². The number of rotatable bonds is 2. The van der Waals surface area contributed by atoms with Crippen LogP contribution in [-0.4, -0.2) is 42.5 Å². The second kappa shape index (κ2) is 5.17. The van der Waals surface area contributed by atoms with Gasteiger partial charge in [-0.2, -0.15) is 0 Å². The van der Waals surface area contributed by atoms with Gasteiger partial charge < -0.3 is 9.64 Å². The van der Waals surface area contributed by atoms with Crippen molar-refractivity contribution in [2.45, 2.75) is 31.7 Å². The molecule has 86 valence electrons. The Hall–Kier alpha value is -0.280. The Balaban J connectivity index is 1.96. The molecule has 2 heterocycles. The lowest BCUT2D eigenvalue weighted by Crippen LogP contribution is -2.47. The van der Waals surface area contributed by atoms with Crippen LogP contribution in [-0.2, 0) is 9.53 Å². The molecular formula is C11H18ClNO2. The number of ether oxygens (including phenoxy) is 1. The summed E-state index contributed by atoms with van der Waals surface area (Å²) in [5.74, 6) is 0.922. The molecule has 0 spiro atoms. The van der Waals surface area contributed by atoms with Gasteiger partial charge in [0.15, 0.2) is 0 Å². The molecule has 2 saturated heterocycles. The van der Waals surface area contributed by atoms with Crippen LogP contribution in [0.4, 0.5) is 0 Å². The summed E-state index contributed by atoms with van der Waals surface area (Å²) in [5, 5.41) is 0. The van der Waals surface area contributed by atoms with Crippen LogP contribution in [0, 0.1) is 5.92 Å². The highest BCUT2D eigenvalue weighted by Crippen LogP contribution is 2.23. The van der Waals surface area contributed by atoms with Gasteiger partial charge in [0, 0.05) is 25.1 Å². The Morgan fingerprint density at radius 2 is 2.27 bits per heavy atom. The zero-order chi connectivity index (χ0) is 10.7. The van der Waals surface area contributed by atoms with Crippen LogP contribution in [0.5, 0.6) is 0 Å². The van der Waals surface area contributed by atoms with E-state index < -0.39 is 0 Å². The zero-order valence-corrected chi connectivity index (χ0v) is 9.71. The Morgan fingerprint density at radius 1 is 1.40 bits per heavy atom. The van der Waals surface area contributed by atoms with E-state index in [1.807, 2.05) is 4.90 Å². The fraction of sp³-hybridized carbons (Fsp3) is 0.909. The van der Waals surface area contributed by atoms with Crippen LogP contribution in [0.3, 0.4) is 0 Å². The van der Waals surface area contributed by atoms with E-state index in [2.05, 4.69) is 0 Å². The van der Waals surface area contributed by atoms with Crippen molar-refractivity contribution in [3.05, 3.63) is 0 Å². The van der Waals surface area contributed by atoms with Crippen molar-refractivity contribution in [3.8, 4) is 0 Å². The van der Waals surface area contributed by atoms with E-state index >= 15 is 0 Å². The van der Waals surface area contributed by atoms with Crippen LogP contribution in [0.2, 0.25) is 0 Å². The number of piperidine rings is 1. The number of hydrogen-bond donors (Lipinski definition) is 0. The summed E-state index contributed by atoms with van der Waals surface area (Å²) < 4.78 is 5.26. The van der Waals surface area contributed by atoms with Crippen LogP contribution in [0.25, 0.3) is 0 Å². The highest BCUT2D eigenvalue weighted by Gasteiger charge is 2.32. The first-order valence-electron chi connectivity index (χ1n) is 5.77. The predicted octanol–water partition coefficient (Wildman–Crippen LogP) is 1.64. The highest BCUT2D eigenvalue weighted by molar-refractivity contribution is 6.18. The lowest BCUT2D eigenvalue weighted by molar-refractivity contribution is -0.138. The summed E-state index contributed by atoms with van der Waals surface area (Å²) in [4.78, 5) is 14.1. The number of carbonyl (C=O) groups excluding carboxylic acids is 1. The van der Waals surface area contributed by atoms with E-state index in [9.17, 15) is 4.79 Å². The molecule has 0 radical (unpaired) electrons. The fourth-order valence-electron chi connectivity index (χ4n) is 2.41. The second-order valence-electron chi connectivity index (χ2n) is 4.40.